The van der Waals surface area contributed by atoms with E-state index in [-0.39, 0.29) is 0 Å². The Kier molecular flexibility index (Phi) is 4.77. The van der Waals surface area contributed by atoms with Gasteiger partial charge < -0.3 is 0 Å². The van der Waals surface area contributed by atoms with Gasteiger partial charge in [0.15, 0.2) is 0 Å². The van der Waals surface area contributed by atoms with E-state index in [4.69, 9.17) is 5.26 Å². The summed E-state index contributed by atoms with van der Waals surface area (Å²) in [6.45, 7) is 8.27. The molecule has 0 saturated carbocycles. The Bertz CT molecular complexity index is 657. The van der Waals surface area contributed by atoms with E-state index in [9.17, 15) is 0 Å². The normalized spacial score (nSPS) is 10.7. The number of rotatable bonds is 4. The standard InChI is InChI=1S/C19H22N2/c1-14-8-15(2)19(16(3)9-14)13-21(4)12-18-7-5-6-17(10-18)11-20/h5-10H,12-13H2,1-4H3. The first kappa shape index (κ1) is 15.3. The van der Waals surface area contributed by atoms with Gasteiger partial charge in [0, 0.05) is 13.1 Å². The van der Waals surface area contributed by atoms with Crippen molar-refractivity contribution in [3.05, 3.63) is 69.8 Å². The zero-order valence-electron chi connectivity index (χ0n) is 13.3. The average molecular weight is 278 g/mol. The summed E-state index contributed by atoms with van der Waals surface area (Å²) < 4.78 is 0. The molecule has 108 valence electrons. The van der Waals surface area contributed by atoms with Crippen molar-refractivity contribution in [2.75, 3.05) is 7.05 Å². The highest BCUT2D eigenvalue weighted by Crippen LogP contribution is 2.19. The number of benzene rings is 2. The van der Waals surface area contributed by atoms with Gasteiger partial charge >= 0.3 is 0 Å². The summed E-state index contributed by atoms with van der Waals surface area (Å²) in [5.74, 6) is 0. The minimum absolute atomic E-state index is 0.726. The van der Waals surface area contributed by atoms with Crippen molar-refractivity contribution in [3.63, 3.8) is 0 Å². The second kappa shape index (κ2) is 6.56. The van der Waals surface area contributed by atoms with Crippen LogP contribution in [0.5, 0.6) is 0 Å². The maximum atomic E-state index is 8.97. The maximum Gasteiger partial charge on any atom is 0.0991 e. The lowest BCUT2D eigenvalue weighted by molar-refractivity contribution is 0.317. The lowest BCUT2D eigenvalue weighted by Crippen LogP contribution is -2.18. The summed E-state index contributed by atoms with van der Waals surface area (Å²) >= 11 is 0. The summed E-state index contributed by atoms with van der Waals surface area (Å²) in [5.41, 5.74) is 7.33. The van der Waals surface area contributed by atoms with Crippen LogP contribution in [0.15, 0.2) is 36.4 Å². The first-order valence-corrected chi connectivity index (χ1v) is 7.24. The van der Waals surface area contributed by atoms with E-state index in [1.165, 1.54) is 27.8 Å². The molecule has 2 aromatic carbocycles. The van der Waals surface area contributed by atoms with Crippen molar-refractivity contribution in [3.8, 4) is 6.07 Å². The van der Waals surface area contributed by atoms with E-state index in [0.717, 1.165) is 18.7 Å². The minimum atomic E-state index is 0.726. The minimum Gasteiger partial charge on any atom is -0.298 e. The first-order valence-electron chi connectivity index (χ1n) is 7.24. The molecule has 2 nitrogen and oxygen atoms in total. The summed E-state index contributed by atoms with van der Waals surface area (Å²) in [7, 11) is 2.12. The van der Waals surface area contributed by atoms with Crippen molar-refractivity contribution in [2.45, 2.75) is 33.9 Å². The van der Waals surface area contributed by atoms with Gasteiger partial charge in [-0.3, -0.25) is 4.90 Å². The van der Waals surface area contributed by atoms with Crippen LogP contribution >= 0.6 is 0 Å². The van der Waals surface area contributed by atoms with Crippen LogP contribution in [-0.2, 0) is 13.1 Å². The molecule has 2 rings (SSSR count). The van der Waals surface area contributed by atoms with Gasteiger partial charge in [0.1, 0.15) is 0 Å². The smallest absolute Gasteiger partial charge is 0.0991 e. The van der Waals surface area contributed by atoms with Gasteiger partial charge in [0.05, 0.1) is 11.6 Å². The quantitative estimate of drug-likeness (QED) is 0.841. The molecule has 0 saturated heterocycles. The molecule has 0 heterocycles. The third-order valence-electron chi connectivity index (χ3n) is 3.78. The van der Waals surface area contributed by atoms with Gasteiger partial charge in [0.2, 0.25) is 0 Å². The molecule has 0 aliphatic heterocycles. The van der Waals surface area contributed by atoms with Crippen LogP contribution < -0.4 is 0 Å². The Morgan fingerprint density at radius 2 is 1.67 bits per heavy atom. The maximum absolute atomic E-state index is 8.97. The fourth-order valence-corrected chi connectivity index (χ4v) is 2.84. The molecule has 0 radical (unpaired) electrons. The molecule has 0 aliphatic rings. The average Bonchev–Trinajstić information content (AvgIpc) is 2.43. The van der Waals surface area contributed by atoms with E-state index in [1.54, 1.807) is 0 Å². The van der Waals surface area contributed by atoms with E-state index in [0.29, 0.717) is 0 Å². The summed E-state index contributed by atoms with van der Waals surface area (Å²) in [4.78, 5) is 2.29. The first-order chi connectivity index (χ1) is 9.99. The van der Waals surface area contributed by atoms with Gasteiger partial charge in [-0.15, -0.1) is 0 Å². The molecule has 2 heteroatoms. The van der Waals surface area contributed by atoms with Gasteiger partial charge in [-0.05, 0) is 62.2 Å². The van der Waals surface area contributed by atoms with Crippen LogP contribution in [0.1, 0.15) is 33.4 Å². The molecule has 0 fully saturated rings. The molecule has 0 aliphatic carbocycles. The highest BCUT2D eigenvalue weighted by atomic mass is 15.1. The Labute approximate surface area is 127 Å². The molecule has 0 amide bonds. The van der Waals surface area contributed by atoms with E-state index in [2.05, 4.69) is 57.0 Å². The van der Waals surface area contributed by atoms with Crippen LogP contribution in [0.2, 0.25) is 0 Å². The van der Waals surface area contributed by atoms with Crippen LogP contribution in [0.3, 0.4) is 0 Å². The molecule has 21 heavy (non-hydrogen) atoms. The number of nitriles is 1. The molecule has 0 N–H and O–H groups in total. The molecule has 2 aromatic rings. The van der Waals surface area contributed by atoms with Crippen LogP contribution in [0.25, 0.3) is 0 Å². The zero-order valence-corrected chi connectivity index (χ0v) is 13.3. The largest absolute Gasteiger partial charge is 0.298 e. The number of hydrogen-bond acceptors (Lipinski definition) is 2. The molecule has 0 atom stereocenters. The lowest BCUT2D eigenvalue weighted by atomic mass is 9.99. The molecule has 0 bridgehead atoms. The van der Waals surface area contributed by atoms with Crippen LogP contribution in [-0.4, -0.2) is 11.9 Å². The summed E-state index contributed by atoms with van der Waals surface area (Å²) in [6, 6.07) is 14.5. The number of aryl methyl sites for hydroxylation is 3. The van der Waals surface area contributed by atoms with Crippen LogP contribution in [0, 0.1) is 32.1 Å². The van der Waals surface area contributed by atoms with Gasteiger partial charge in [-0.1, -0.05) is 29.8 Å². The Hall–Kier alpha value is -2.11. The van der Waals surface area contributed by atoms with E-state index >= 15 is 0 Å². The van der Waals surface area contributed by atoms with Crippen molar-refractivity contribution >= 4 is 0 Å². The highest BCUT2D eigenvalue weighted by molar-refractivity contribution is 5.37. The molecule has 0 aromatic heterocycles. The number of hydrogen-bond donors (Lipinski definition) is 0. The Morgan fingerprint density at radius 3 is 2.29 bits per heavy atom. The van der Waals surface area contributed by atoms with Crippen molar-refractivity contribution < 1.29 is 0 Å². The van der Waals surface area contributed by atoms with E-state index in [1.807, 2.05) is 18.2 Å². The SMILES string of the molecule is Cc1cc(C)c(CN(C)Cc2cccc(C#N)c2)c(C)c1. The fraction of sp³-hybridized carbons (Fsp3) is 0.316. The fourth-order valence-electron chi connectivity index (χ4n) is 2.84. The second-order valence-corrected chi connectivity index (χ2v) is 5.86. The summed E-state index contributed by atoms with van der Waals surface area (Å²) in [6.07, 6.45) is 0. The van der Waals surface area contributed by atoms with Crippen molar-refractivity contribution in [2.24, 2.45) is 0 Å². The van der Waals surface area contributed by atoms with Gasteiger partial charge in [0.25, 0.3) is 0 Å². The molecular weight excluding hydrogens is 256 g/mol. The highest BCUT2D eigenvalue weighted by Gasteiger charge is 2.08. The van der Waals surface area contributed by atoms with E-state index < -0.39 is 0 Å². The predicted octanol–water partition coefficient (Wildman–Crippen LogP) is 4.12. The van der Waals surface area contributed by atoms with Crippen molar-refractivity contribution in [1.29, 1.82) is 5.26 Å². The molecular formula is C19H22N2. The topological polar surface area (TPSA) is 27.0 Å². The van der Waals surface area contributed by atoms with Crippen LogP contribution in [0.4, 0.5) is 0 Å². The zero-order chi connectivity index (χ0) is 15.4. The Balaban J connectivity index is 2.12. The van der Waals surface area contributed by atoms with Gasteiger partial charge in [-0.2, -0.15) is 5.26 Å². The van der Waals surface area contributed by atoms with Gasteiger partial charge in [-0.25, -0.2) is 0 Å². The molecule has 0 unspecified atom stereocenters. The summed E-state index contributed by atoms with van der Waals surface area (Å²) in [5, 5.41) is 8.97. The number of nitrogens with zero attached hydrogens (tertiary/aromatic N) is 2. The lowest BCUT2D eigenvalue weighted by Gasteiger charge is -2.20. The third kappa shape index (κ3) is 3.93. The van der Waals surface area contributed by atoms with Crippen molar-refractivity contribution in [1.82, 2.24) is 4.90 Å². The third-order valence-corrected chi connectivity index (χ3v) is 3.78. The second-order valence-electron chi connectivity index (χ2n) is 5.86. The molecule has 0 spiro atoms. The monoisotopic (exact) mass is 278 g/mol. The predicted molar refractivity (Wildman–Crippen MR) is 87.0 cm³/mol. The Morgan fingerprint density at radius 1 is 1.00 bits per heavy atom.